The number of nitrogens with zero attached hydrogens (tertiary/aromatic N) is 1. The summed E-state index contributed by atoms with van der Waals surface area (Å²) < 4.78 is 17.6. The number of benzene rings is 2. The lowest BCUT2D eigenvalue weighted by atomic mass is 9.91. The highest BCUT2D eigenvalue weighted by Gasteiger charge is 2.28. The number of ether oxygens (including phenoxy) is 3. The lowest BCUT2D eigenvalue weighted by Crippen LogP contribution is -2.45. The quantitative estimate of drug-likeness (QED) is 0.450. The maximum atomic E-state index is 5.99. The van der Waals surface area contributed by atoms with Crippen LogP contribution in [0.4, 0.5) is 0 Å². The predicted octanol–water partition coefficient (Wildman–Crippen LogP) is 5.77. The van der Waals surface area contributed by atoms with Crippen molar-refractivity contribution in [2.24, 2.45) is 5.92 Å². The highest BCUT2D eigenvalue weighted by Crippen LogP contribution is 2.26. The normalized spacial score (nSPS) is 19.8. The molecule has 1 aliphatic rings. The van der Waals surface area contributed by atoms with Crippen molar-refractivity contribution < 1.29 is 14.2 Å². The van der Waals surface area contributed by atoms with E-state index in [1.165, 1.54) is 38.8 Å². The minimum Gasteiger partial charge on any atom is -0.494 e. The first-order valence-corrected chi connectivity index (χ1v) is 11.0. The van der Waals surface area contributed by atoms with Gasteiger partial charge in [-0.15, -0.1) is 0 Å². The van der Waals surface area contributed by atoms with Crippen molar-refractivity contribution in [3.05, 3.63) is 54.6 Å². The summed E-state index contributed by atoms with van der Waals surface area (Å²) in [6, 6.07) is 17.7. The molecule has 0 aliphatic carbocycles. The molecule has 0 bridgehead atoms. The highest BCUT2D eigenvalue weighted by atomic mass is 16.5. The minimum absolute atomic E-state index is 0.315. The predicted molar refractivity (Wildman–Crippen MR) is 118 cm³/mol. The van der Waals surface area contributed by atoms with Crippen molar-refractivity contribution in [1.29, 1.82) is 0 Å². The van der Waals surface area contributed by atoms with Crippen molar-refractivity contribution in [3.8, 4) is 17.2 Å². The van der Waals surface area contributed by atoms with Crippen molar-refractivity contribution >= 4 is 0 Å². The maximum absolute atomic E-state index is 5.99. The Labute approximate surface area is 175 Å². The molecule has 2 aromatic carbocycles. The molecule has 158 valence electrons. The molecule has 0 aromatic heterocycles. The molecule has 1 fully saturated rings. The van der Waals surface area contributed by atoms with Crippen LogP contribution in [0.15, 0.2) is 54.6 Å². The van der Waals surface area contributed by atoms with E-state index < -0.39 is 0 Å². The zero-order valence-corrected chi connectivity index (χ0v) is 17.9. The van der Waals surface area contributed by atoms with E-state index in [2.05, 4.69) is 11.8 Å². The van der Waals surface area contributed by atoms with Crippen molar-refractivity contribution in [1.82, 2.24) is 4.90 Å². The second-order valence-corrected chi connectivity index (χ2v) is 7.85. The zero-order valence-electron chi connectivity index (χ0n) is 17.9. The van der Waals surface area contributed by atoms with Crippen LogP contribution in [0.2, 0.25) is 0 Å². The lowest BCUT2D eigenvalue weighted by Gasteiger charge is -2.37. The van der Waals surface area contributed by atoms with E-state index in [-0.39, 0.29) is 0 Å². The molecule has 2 aromatic rings. The van der Waals surface area contributed by atoms with Crippen molar-refractivity contribution in [3.63, 3.8) is 0 Å². The molecule has 0 radical (unpaired) electrons. The third kappa shape index (κ3) is 7.06. The number of piperidine rings is 1. The number of para-hydroxylation sites is 1. The van der Waals surface area contributed by atoms with Gasteiger partial charge in [-0.25, -0.2) is 0 Å². The van der Waals surface area contributed by atoms with Crippen LogP contribution in [-0.4, -0.2) is 44.4 Å². The number of likely N-dealkylation sites (tertiary alicyclic amines) is 1. The summed E-state index contributed by atoms with van der Waals surface area (Å²) >= 11 is 0. The van der Waals surface area contributed by atoms with Gasteiger partial charge in [-0.05, 0) is 74.7 Å². The van der Waals surface area contributed by atoms with Gasteiger partial charge in [0.15, 0.2) is 0 Å². The number of hydrogen-bond donors (Lipinski definition) is 0. The first-order valence-electron chi connectivity index (χ1n) is 11.0. The fraction of sp³-hybridized carbons (Fsp3) is 0.520. The van der Waals surface area contributed by atoms with Gasteiger partial charge in [0.2, 0.25) is 0 Å². The average molecular weight is 398 g/mol. The van der Waals surface area contributed by atoms with Crippen LogP contribution in [0, 0.1) is 5.92 Å². The Balaban J connectivity index is 1.40. The maximum Gasteiger partial charge on any atom is 0.127 e. The lowest BCUT2D eigenvalue weighted by molar-refractivity contribution is -0.0180. The Bertz CT molecular complexity index is 689. The standard InChI is InChI=1S/C25H35NO3/c1-3-4-8-17-26-18-15-21(25(20-26)27-2)16-19-28-22-11-13-24(14-12-22)29-23-9-6-5-7-10-23/h5-7,9-14,21,25H,3-4,8,15-20H2,1-2H3/t21-,25+/m0/s1. The molecule has 2 atom stereocenters. The summed E-state index contributed by atoms with van der Waals surface area (Å²) in [6.07, 6.45) is 6.43. The summed E-state index contributed by atoms with van der Waals surface area (Å²) in [5, 5.41) is 0. The van der Waals surface area contributed by atoms with Gasteiger partial charge in [0, 0.05) is 13.7 Å². The average Bonchev–Trinajstić information content (AvgIpc) is 2.76. The SMILES string of the molecule is CCCCCN1CC[C@@H](CCOc2ccc(Oc3ccccc3)cc2)[C@H](OC)C1. The van der Waals surface area contributed by atoms with Crippen LogP contribution >= 0.6 is 0 Å². The molecular formula is C25H35NO3. The molecule has 0 N–H and O–H groups in total. The summed E-state index contributed by atoms with van der Waals surface area (Å²) in [6.45, 7) is 6.41. The van der Waals surface area contributed by atoms with Crippen LogP contribution in [0.3, 0.4) is 0 Å². The highest BCUT2D eigenvalue weighted by molar-refractivity contribution is 5.35. The molecule has 0 saturated carbocycles. The Morgan fingerprint density at radius 3 is 2.38 bits per heavy atom. The smallest absolute Gasteiger partial charge is 0.127 e. The Morgan fingerprint density at radius 2 is 1.66 bits per heavy atom. The van der Waals surface area contributed by atoms with E-state index in [1.54, 1.807) is 0 Å². The van der Waals surface area contributed by atoms with E-state index in [0.717, 1.165) is 36.8 Å². The summed E-state index contributed by atoms with van der Waals surface area (Å²) in [5.74, 6) is 3.12. The monoisotopic (exact) mass is 397 g/mol. The van der Waals surface area contributed by atoms with E-state index >= 15 is 0 Å². The second kappa shape index (κ2) is 11.8. The molecule has 0 unspecified atom stereocenters. The fourth-order valence-electron chi connectivity index (χ4n) is 3.97. The summed E-state index contributed by atoms with van der Waals surface area (Å²) in [7, 11) is 1.85. The van der Waals surface area contributed by atoms with E-state index in [4.69, 9.17) is 14.2 Å². The fourth-order valence-corrected chi connectivity index (χ4v) is 3.97. The number of rotatable bonds is 11. The zero-order chi connectivity index (χ0) is 20.3. The van der Waals surface area contributed by atoms with Gasteiger partial charge < -0.3 is 19.1 Å². The van der Waals surface area contributed by atoms with Crippen LogP contribution in [0.5, 0.6) is 17.2 Å². The largest absolute Gasteiger partial charge is 0.494 e. The van der Waals surface area contributed by atoms with E-state index in [1.807, 2.05) is 61.7 Å². The Kier molecular flexibility index (Phi) is 8.84. The molecule has 4 heteroatoms. The van der Waals surface area contributed by atoms with Gasteiger partial charge in [-0.3, -0.25) is 0 Å². The molecule has 1 heterocycles. The topological polar surface area (TPSA) is 30.9 Å². The molecule has 3 rings (SSSR count). The number of methoxy groups -OCH3 is 1. The molecule has 4 nitrogen and oxygen atoms in total. The second-order valence-electron chi connectivity index (χ2n) is 7.85. The van der Waals surface area contributed by atoms with E-state index in [9.17, 15) is 0 Å². The molecule has 1 saturated heterocycles. The minimum atomic E-state index is 0.315. The van der Waals surface area contributed by atoms with Crippen LogP contribution in [0.25, 0.3) is 0 Å². The summed E-state index contributed by atoms with van der Waals surface area (Å²) in [5.41, 5.74) is 0. The number of hydrogen-bond acceptors (Lipinski definition) is 4. The molecular weight excluding hydrogens is 362 g/mol. The van der Waals surface area contributed by atoms with Gasteiger partial charge in [0.1, 0.15) is 17.2 Å². The van der Waals surface area contributed by atoms with Crippen LogP contribution < -0.4 is 9.47 Å². The third-order valence-electron chi connectivity index (χ3n) is 5.72. The Morgan fingerprint density at radius 1 is 0.931 bits per heavy atom. The Hall–Kier alpha value is -2.04. The third-order valence-corrected chi connectivity index (χ3v) is 5.72. The van der Waals surface area contributed by atoms with Gasteiger partial charge in [-0.2, -0.15) is 0 Å². The van der Waals surface area contributed by atoms with E-state index in [0.29, 0.717) is 12.0 Å². The van der Waals surface area contributed by atoms with Crippen molar-refractivity contribution in [2.75, 3.05) is 33.4 Å². The van der Waals surface area contributed by atoms with Crippen molar-refractivity contribution in [2.45, 2.75) is 45.1 Å². The van der Waals surface area contributed by atoms with Gasteiger partial charge >= 0.3 is 0 Å². The summed E-state index contributed by atoms with van der Waals surface area (Å²) in [4.78, 5) is 2.56. The first kappa shape index (κ1) is 21.7. The number of unbranched alkanes of at least 4 members (excludes halogenated alkanes) is 2. The molecule has 1 aliphatic heterocycles. The molecule has 29 heavy (non-hydrogen) atoms. The van der Waals surface area contributed by atoms with Crippen LogP contribution in [0.1, 0.15) is 39.0 Å². The van der Waals surface area contributed by atoms with Gasteiger partial charge in [-0.1, -0.05) is 38.0 Å². The molecule has 0 amide bonds. The van der Waals surface area contributed by atoms with Crippen LogP contribution in [-0.2, 0) is 4.74 Å². The molecule has 0 spiro atoms. The first-order chi connectivity index (χ1) is 14.3. The van der Waals surface area contributed by atoms with Gasteiger partial charge in [0.05, 0.1) is 12.7 Å². The van der Waals surface area contributed by atoms with Gasteiger partial charge in [0.25, 0.3) is 0 Å².